The van der Waals surface area contributed by atoms with E-state index in [1.807, 2.05) is 0 Å². The molecule has 1 aromatic rings. The molecule has 0 aliphatic heterocycles. The van der Waals surface area contributed by atoms with E-state index >= 15 is 0 Å². The first-order valence-corrected chi connectivity index (χ1v) is 6.05. The first-order chi connectivity index (χ1) is 8.93. The van der Waals surface area contributed by atoms with E-state index in [1.165, 1.54) is 14.2 Å². The highest BCUT2D eigenvalue weighted by Crippen LogP contribution is 2.38. The van der Waals surface area contributed by atoms with Gasteiger partial charge in [0.05, 0.1) is 26.2 Å². The van der Waals surface area contributed by atoms with E-state index in [-0.39, 0.29) is 0 Å². The molecule has 0 saturated heterocycles. The highest BCUT2D eigenvalue weighted by atomic mass is 16.5. The van der Waals surface area contributed by atoms with Crippen molar-refractivity contribution < 1.29 is 24.5 Å². The highest BCUT2D eigenvalue weighted by Gasteiger charge is 2.29. The van der Waals surface area contributed by atoms with E-state index in [9.17, 15) is 9.90 Å². The minimum Gasteiger partial charge on any atom is -0.493 e. The fourth-order valence-electron chi connectivity index (χ4n) is 1.93. The first-order valence-electron chi connectivity index (χ1n) is 6.05. The standard InChI is InChI=1S/C14H20O5/c1-8(9(2)14(16)17)12(15)10-6-5-7-11(18-3)13(10)19-4/h5-9,12,15H,1-4H3,(H,16,17). The van der Waals surface area contributed by atoms with Crippen LogP contribution in [0.2, 0.25) is 0 Å². The van der Waals surface area contributed by atoms with Gasteiger partial charge in [-0.1, -0.05) is 26.0 Å². The number of carbonyl (C=O) groups is 1. The minimum atomic E-state index is -0.937. The summed E-state index contributed by atoms with van der Waals surface area (Å²) in [5.74, 6) is -1.10. The van der Waals surface area contributed by atoms with Gasteiger partial charge in [0, 0.05) is 5.56 Å². The average molecular weight is 268 g/mol. The Bertz CT molecular complexity index is 443. The molecule has 1 aromatic carbocycles. The number of benzene rings is 1. The van der Waals surface area contributed by atoms with Gasteiger partial charge in [0.25, 0.3) is 0 Å². The third kappa shape index (κ3) is 3.17. The van der Waals surface area contributed by atoms with Crippen LogP contribution in [0.5, 0.6) is 11.5 Å². The van der Waals surface area contributed by atoms with Gasteiger partial charge >= 0.3 is 5.97 Å². The number of aliphatic carboxylic acids is 1. The van der Waals surface area contributed by atoms with E-state index in [1.54, 1.807) is 32.0 Å². The zero-order chi connectivity index (χ0) is 14.6. The molecule has 5 heteroatoms. The molecule has 3 atom stereocenters. The Balaban J connectivity index is 3.12. The van der Waals surface area contributed by atoms with Crippen LogP contribution in [0.15, 0.2) is 18.2 Å². The molecule has 0 spiro atoms. The Kier molecular flexibility index (Phi) is 5.18. The number of carboxylic acid groups (broad SMARTS) is 1. The van der Waals surface area contributed by atoms with Crippen molar-refractivity contribution in [1.29, 1.82) is 0 Å². The van der Waals surface area contributed by atoms with Crippen molar-refractivity contribution in [1.82, 2.24) is 0 Å². The summed E-state index contributed by atoms with van der Waals surface area (Å²) in [6.45, 7) is 3.27. The number of aliphatic hydroxyl groups excluding tert-OH is 1. The first kappa shape index (κ1) is 15.3. The summed E-state index contributed by atoms with van der Waals surface area (Å²) in [5, 5.41) is 19.3. The predicted octanol–water partition coefficient (Wildman–Crippen LogP) is 2.09. The van der Waals surface area contributed by atoms with Crippen LogP contribution < -0.4 is 9.47 Å². The summed E-state index contributed by atoms with van der Waals surface area (Å²) < 4.78 is 10.4. The summed E-state index contributed by atoms with van der Waals surface area (Å²) in [5.41, 5.74) is 0.530. The lowest BCUT2D eigenvalue weighted by Gasteiger charge is -2.24. The highest BCUT2D eigenvalue weighted by molar-refractivity contribution is 5.70. The van der Waals surface area contributed by atoms with Crippen molar-refractivity contribution in [3.63, 3.8) is 0 Å². The second kappa shape index (κ2) is 6.43. The van der Waals surface area contributed by atoms with E-state index < -0.39 is 23.9 Å². The number of para-hydroxylation sites is 1. The Morgan fingerprint density at radius 1 is 1.21 bits per heavy atom. The second-order valence-electron chi connectivity index (χ2n) is 4.51. The van der Waals surface area contributed by atoms with Crippen LogP contribution in [0.1, 0.15) is 25.5 Å². The van der Waals surface area contributed by atoms with Gasteiger partial charge in [-0.25, -0.2) is 0 Å². The van der Waals surface area contributed by atoms with Gasteiger partial charge in [-0.05, 0) is 12.0 Å². The molecule has 0 heterocycles. The normalized spacial score (nSPS) is 15.4. The van der Waals surface area contributed by atoms with E-state index in [2.05, 4.69) is 0 Å². The van der Waals surface area contributed by atoms with Crippen molar-refractivity contribution in [2.45, 2.75) is 20.0 Å². The number of hydrogen-bond donors (Lipinski definition) is 2. The van der Waals surface area contributed by atoms with Crippen LogP contribution in [0, 0.1) is 11.8 Å². The number of aliphatic hydroxyl groups is 1. The van der Waals surface area contributed by atoms with Gasteiger partial charge in [0.2, 0.25) is 0 Å². The van der Waals surface area contributed by atoms with Crippen LogP contribution in [0.4, 0.5) is 0 Å². The second-order valence-corrected chi connectivity index (χ2v) is 4.51. The van der Waals surface area contributed by atoms with Gasteiger partial charge < -0.3 is 19.7 Å². The summed E-state index contributed by atoms with van der Waals surface area (Å²) in [6.07, 6.45) is -0.934. The molecule has 0 amide bonds. The number of hydrogen-bond acceptors (Lipinski definition) is 4. The maximum atomic E-state index is 11.0. The number of ether oxygens (including phenoxy) is 2. The Morgan fingerprint density at radius 2 is 1.84 bits per heavy atom. The van der Waals surface area contributed by atoms with Crippen molar-refractivity contribution in [2.75, 3.05) is 14.2 Å². The van der Waals surface area contributed by atoms with Crippen molar-refractivity contribution in [2.24, 2.45) is 11.8 Å². The largest absolute Gasteiger partial charge is 0.493 e. The molecule has 0 bridgehead atoms. The van der Waals surface area contributed by atoms with E-state index in [0.29, 0.717) is 17.1 Å². The number of methoxy groups -OCH3 is 2. The van der Waals surface area contributed by atoms with Crippen LogP contribution >= 0.6 is 0 Å². The van der Waals surface area contributed by atoms with Gasteiger partial charge in [-0.3, -0.25) is 4.79 Å². The predicted molar refractivity (Wildman–Crippen MR) is 70.5 cm³/mol. The molecule has 106 valence electrons. The molecule has 19 heavy (non-hydrogen) atoms. The third-order valence-electron chi connectivity index (χ3n) is 3.43. The molecular weight excluding hydrogens is 248 g/mol. The van der Waals surface area contributed by atoms with Crippen LogP contribution in [-0.4, -0.2) is 30.4 Å². The van der Waals surface area contributed by atoms with Gasteiger partial charge in [0.15, 0.2) is 11.5 Å². The fraction of sp³-hybridized carbons (Fsp3) is 0.500. The molecule has 3 unspecified atom stereocenters. The van der Waals surface area contributed by atoms with E-state index in [4.69, 9.17) is 14.6 Å². The third-order valence-corrected chi connectivity index (χ3v) is 3.43. The van der Waals surface area contributed by atoms with Gasteiger partial charge in [0.1, 0.15) is 0 Å². The Labute approximate surface area is 112 Å². The molecule has 0 saturated carbocycles. The lowest BCUT2D eigenvalue weighted by atomic mass is 9.86. The molecule has 0 fully saturated rings. The Morgan fingerprint density at radius 3 is 2.32 bits per heavy atom. The minimum absolute atomic E-state index is 0.432. The molecule has 5 nitrogen and oxygen atoms in total. The molecule has 0 aliphatic rings. The lowest BCUT2D eigenvalue weighted by molar-refractivity contribution is -0.144. The van der Waals surface area contributed by atoms with Crippen molar-refractivity contribution in [3.05, 3.63) is 23.8 Å². The van der Waals surface area contributed by atoms with Crippen molar-refractivity contribution in [3.8, 4) is 11.5 Å². The molecular formula is C14H20O5. The topological polar surface area (TPSA) is 76.0 Å². The zero-order valence-corrected chi connectivity index (χ0v) is 11.6. The zero-order valence-electron chi connectivity index (χ0n) is 11.6. The molecule has 0 radical (unpaired) electrons. The Hall–Kier alpha value is -1.75. The van der Waals surface area contributed by atoms with Crippen LogP contribution in [-0.2, 0) is 4.79 Å². The molecule has 1 rings (SSSR count). The molecule has 0 aliphatic carbocycles. The smallest absolute Gasteiger partial charge is 0.306 e. The SMILES string of the molecule is COc1cccc(C(O)C(C)C(C)C(=O)O)c1OC. The summed E-state index contributed by atoms with van der Waals surface area (Å²) in [7, 11) is 3.00. The van der Waals surface area contributed by atoms with E-state index in [0.717, 1.165) is 0 Å². The van der Waals surface area contributed by atoms with Crippen LogP contribution in [0.25, 0.3) is 0 Å². The summed E-state index contributed by atoms with van der Waals surface area (Å²) in [6, 6.07) is 5.16. The fourth-order valence-corrected chi connectivity index (χ4v) is 1.93. The van der Waals surface area contributed by atoms with Gasteiger partial charge in [-0.2, -0.15) is 0 Å². The quantitative estimate of drug-likeness (QED) is 0.826. The summed E-state index contributed by atoms with van der Waals surface area (Å²) in [4.78, 5) is 11.0. The lowest BCUT2D eigenvalue weighted by Crippen LogP contribution is -2.24. The maximum Gasteiger partial charge on any atom is 0.306 e. The average Bonchev–Trinajstić information content (AvgIpc) is 2.43. The van der Waals surface area contributed by atoms with Crippen molar-refractivity contribution >= 4 is 5.97 Å². The number of carboxylic acids is 1. The van der Waals surface area contributed by atoms with Gasteiger partial charge in [-0.15, -0.1) is 0 Å². The summed E-state index contributed by atoms with van der Waals surface area (Å²) >= 11 is 0. The number of rotatable bonds is 6. The van der Waals surface area contributed by atoms with Crippen LogP contribution in [0.3, 0.4) is 0 Å². The monoisotopic (exact) mass is 268 g/mol. The molecule has 0 aromatic heterocycles. The maximum absolute atomic E-state index is 11.0. The molecule has 2 N–H and O–H groups in total.